The van der Waals surface area contributed by atoms with Crippen molar-refractivity contribution in [1.82, 2.24) is 0 Å². The van der Waals surface area contributed by atoms with Crippen LogP contribution in [-0.2, 0) is 0 Å². The van der Waals surface area contributed by atoms with Gasteiger partial charge in [-0.25, -0.2) is 61.5 Å². The lowest BCUT2D eigenvalue weighted by molar-refractivity contribution is 0.382. The van der Waals surface area contributed by atoms with Gasteiger partial charge in [-0.15, -0.1) is 0 Å². The molecule has 16 heteroatoms. The second-order valence-corrected chi connectivity index (χ2v) is 14.3. The van der Waals surface area contributed by atoms with E-state index in [-0.39, 0.29) is 10.6 Å². The lowest BCUT2D eigenvalue weighted by Crippen LogP contribution is -2.61. The lowest BCUT2D eigenvalue weighted by Gasteiger charge is -2.34. The molecule has 0 N–H and O–H groups in total. The standard InChI is InChI=1S/C36H22BF14P/c1-11-7-13(3)34(14(4)8-11)52(35-15(5)9-12(2)10-16(35)6)36-32(50)24(42)19(25(43)33(36)51)37(17-20(38)26(44)30(48)27(45)21(17)39)18-22(40)28(46)31(49)29(47)23(18)41/h7-10H,1-6H3/q-1. The summed E-state index contributed by atoms with van der Waals surface area (Å²) < 4.78 is 213. The zero-order valence-electron chi connectivity index (χ0n) is 27.6. The smallest absolute Gasteiger partial charge is 0.200 e. The van der Waals surface area contributed by atoms with E-state index in [1.807, 2.05) is 0 Å². The molecule has 5 aromatic rings. The Morgan fingerprint density at radius 3 is 0.769 bits per heavy atom. The van der Waals surface area contributed by atoms with Crippen molar-refractivity contribution in [3.05, 3.63) is 139 Å². The number of rotatable bonds is 6. The van der Waals surface area contributed by atoms with Gasteiger partial charge in [0.15, 0.2) is 46.5 Å². The van der Waals surface area contributed by atoms with Crippen LogP contribution in [0, 0.1) is 123 Å². The van der Waals surface area contributed by atoms with Gasteiger partial charge in [-0.1, -0.05) is 35.4 Å². The molecule has 0 nitrogen and oxygen atoms in total. The highest BCUT2D eigenvalue weighted by molar-refractivity contribution is 7.80. The van der Waals surface area contributed by atoms with Crippen LogP contribution in [0.25, 0.3) is 0 Å². The molecule has 0 atom stereocenters. The first-order chi connectivity index (χ1) is 24.1. The van der Waals surface area contributed by atoms with E-state index in [4.69, 9.17) is 0 Å². The van der Waals surface area contributed by atoms with Crippen LogP contribution in [-0.4, -0.2) is 6.71 Å². The van der Waals surface area contributed by atoms with E-state index in [0.717, 1.165) is 0 Å². The third-order valence-electron chi connectivity index (χ3n) is 8.57. The highest BCUT2D eigenvalue weighted by Crippen LogP contribution is 2.41. The Kier molecular flexibility index (Phi) is 10.4. The molecule has 0 saturated carbocycles. The molecule has 273 valence electrons. The molecular formula is C36H22BF14P-. The number of benzene rings is 5. The van der Waals surface area contributed by atoms with Crippen molar-refractivity contribution in [2.24, 2.45) is 0 Å². The van der Waals surface area contributed by atoms with Gasteiger partial charge in [-0.3, -0.25) is 0 Å². The van der Waals surface area contributed by atoms with Crippen molar-refractivity contribution in [1.29, 1.82) is 0 Å². The first kappa shape index (κ1) is 38.8. The molecule has 0 heterocycles. The number of halogens is 14. The fraction of sp³-hybridized carbons (Fsp3) is 0.167. The minimum atomic E-state index is -3.89. The summed E-state index contributed by atoms with van der Waals surface area (Å²) in [6, 6.07) is 6.43. The Labute approximate surface area is 288 Å². The zero-order chi connectivity index (χ0) is 39.0. The number of hydrogen-bond donors (Lipinski definition) is 0. The quantitative estimate of drug-likeness (QED) is 0.0546. The molecule has 1 radical (unpaired) electrons. The van der Waals surface area contributed by atoms with Crippen LogP contribution in [0.2, 0.25) is 0 Å². The van der Waals surface area contributed by atoms with Gasteiger partial charge >= 0.3 is 0 Å². The van der Waals surface area contributed by atoms with Crippen molar-refractivity contribution in [2.75, 3.05) is 0 Å². The topological polar surface area (TPSA) is 0 Å². The number of aryl methyl sites for hydroxylation is 6. The summed E-state index contributed by atoms with van der Waals surface area (Å²) in [5.74, 6) is -39.5. The predicted molar refractivity (Wildman–Crippen MR) is 171 cm³/mol. The Hall–Kier alpha value is -4.39. The zero-order valence-corrected chi connectivity index (χ0v) is 28.5. The van der Waals surface area contributed by atoms with Crippen molar-refractivity contribution in [2.45, 2.75) is 41.5 Å². The monoisotopic (exact) mass is 762 g/mol. The first-order valence-electron chi connectivity index (χ1n) is 15.0. The van der Waals surface area contributed by atoms with Crippen molar-refractivity contribution in [3.63, 3.8) is 0 Å². The van der Waals surface area contributed by atoms with Gasteiger partial charge in [-0.05, 0) is 89.0 Å². The number of hydrogen-bond acceptors (Lipinski definition) is 0. The molecule has 0 bridgehead atoms. The fourth-order valence-electron chi connectivity index (χ4n) is 6.66. The molecule has 0 aliphatic rings. The summed E-state index contributed by atoms with van der Waals surface area (Å²) in [6.07, 6.45) is 0. The summed E-state index contributed by atoms with van der Waals surface area (Å²) in [7, 11) is -2.69. The van der Waals surface area contributed by atoms with Crippen molar-refractivity contribution < 1.29 is 61.5 Å². The molecule has 0 fully saturated rings. The lowest BCUT2D eigenvalue weighted by atomic mass is 9.36. The summed E-state index contributed by atoms with van der Waals surface area (Å²) in [5, 5.41) is -0.945. The van der Waals surface area contributed by atoms with Crippen LogP contribution in [0.5, 0.6) is 0 Å². The normalized spacial score (nSPS) is 11.8. The van der Waals surface area contributed by atoms with Gasteiger partial charge in [0.1, 0.15) is 34.9 Å². The van der Waals surface area contributed by atoms with Gasteiger partial charge in [0.25, 0.3) is 0 Å². The SMILES string of the molecule is Cc1cc(C)c(P(c2c(C)cc(C)cc2C)c2c(F)c(F)c([B-](c3c(F)c(F)c(F)c(F)c3F)c3c(F)c(F)c(F)c(F)c3F)c(F)c2F)c(C)c1. The Morgan fingerprint density at radius 1 is 0.308 bits per heavy atom. The minimum absolute atomic E-state index is 0.191. The summed E-state index contributed by atoms with van der Waals surface area (Å²) in [6.45, 7) is 5.69. The van der Waals surface area contributed by atoms with Gasteiger partial charge in [0.05, 0.1) is 5.30 Å². The molecule has 0 spiro atoms. The molecule has 52 heavy (non-hydrogen) atoms. The molecular weight excluding hydrogens is 740 g/mol. The molecule has 0 saturated heterocycles. The van der Waals surface area contributed by atoms with Gasteiger partial charge < -0.3 is 0 Å². The van der Waals surface area contributed by atoms with E-state index < -0.39 is 118 Å². The van der Waals surface area contributed by atoms with Gasteiger partial charge in [0, 0.05) is 0 Å². The average molecular weight is 762 g/mol. The molecule has 0 aliphatic heterocycles. The Morgan fingerprint density at radius 2 is 0.519 bits per heavy atom. The molecule has 0 aromatic heterocycles. The van der Waals surface area contributed by atoms with E-state index in [1.165, 1.54) is 0 Å². The average Bonchev–Trinajstić information content (AvgIpc) is 3.06. The highest BCUT2D eigenvalue weighted by Gasteiger charge is 2.38. The van der Waals surface area contributed by atoms with E-state index >= 15 is 35.1 Å². The second-order valence-electron chi connectivity index (χ2n) is 12.2. The molecule has 5 aromatic carbocycles. The maximum atomic E-state index is 16.7. The van der Waals surface area contributed by atoms with Crippen LogP contribution < -0.4 is 32.3 Å². The minimum Gasteiger partial charge on any atom is -0.207 e. The largest absolute Gasteiger partial charge is 0.207 e. The third-order valence-corrected chi connectivity index (χ3v) is 11.7. The van der Waals surface area contributed by atoms with Crippen LogP contribution in [0.3, 0.4) is 0 Å². The van der Waals surface area contributed by atoms with Crippen molar-refractivity contribution in [3.8, 4) is 0 Å². The first-order valence-corrected chi connectivity index (χ1v) is 16.3. The van der Waals surface area contributed by atoms with Crippen LogP contribution in [0.1, 0.15) is 33.4 Å². The summed E-state index contributed by atoms with van der Waals surface area (Å²) >= 11 is 0. The van der Waals surface area contributed by atoms with Crippen LogP contribution in [0.4, 0.5) is 61.5 Å². The van der Waals surface area contributed by atoms with E-state index in [9.17, 15) is 26.3 Å². The Balaban J connectivity index is 2.01. The molecule has 5 rings (SSSR count). The van der Waals surface area contributed by atoms with E-state index in [1.54, 1.807) is 65.8 Å². The van der Waals surface area contributed by atoms with E-state index in [0.29, 0.717) is 33.4 Å². The molecule has 0 aliphatic carbocycles. The van der Waals surface area contributed by atoms with Gasteiger partial charge in [-0.2, -0.15) is 16.4 Å². The summed E-state index contributed by atoms with van der Waals surface area (Å²) in [4.78, 5) is 0. The van der Waals surface area contributed by atoms with Crippen molar-refractivity contribution >= 4 is 46.9 Å². The third kappa shape index (κ3) is 5.94. The Bertz CT molecular complexity index is 2080. The maximum Gasteiger partial charge on any atom is 0.200 e. The predicted octanol–water partition coefficient (Wildman–Crippen LogP) is 7.76. The van der Waals surface area contributed by atoms with Gasteiger partial charge in [0.2, 0.25) is 0 Å². The molecule has 0 amide bonds. The summed E-state index contributed by atoms with van der Waals surface area (Å²) in [5.41, 5.74) is -4.63. The second kappa shape index (κ2) is 13.9. The van der Waals surface area contributed by atoms with Crippen LogP contribution >= 0.6 is 7.92 Å². The maximum absolute atomic E-state index is 16.7. The fourth-order valence-corrected chi connectivity index (χ4v) is 9.58. The highest BCUT2D eigenvalue weighted by atomic mass is 31.1. The molecule has 0 unspecified atom stereocenters. The van der Waals surface area contributed by atoms with E-state index in [2.05, 4.69) is 0 Å². The van der Waals surface area contributed by atoms with Crippen LogP contribution in [0.15, 0.2) is 24.3 Å².